The standard InChI is InChI=1S/C23H21N3O3/c1-15-7-9-17(10-8-15)12-25-13-19-21(20(14-25)23(28)29-3)24-26(22(19)27)18-6-4-5-16(2)11-18/h4-11,13-14H,12H2,1-3H3. The number of hydrogen-bond donors (Lipinski definition) is 0. The molecule has 0 unspecified atom stereocenters. The van der Waals surface area contributed by atoms with E-state index in [9.17, 15) is 9.59 Å². The molecule has 0 aromatic heterocycles. The summed E-state index contributed by atoms with van der Waals surface area (Å²) in [5.41, 5.74) is 4.62. The molecule has 2 aliphatic rings. The van der Waals surface area contributed by atoms with Gasteiger partial charge in [-0.05, 0) is 37.1 Å². The molecule has 6 nitrogen and oxygen atoms in total. The molecule has 0 radical (unpaired) electrons. The average Bonchev–Trinajstić information content (AvgIpc) is 3.05. The van der Waals surface area contributed by atoms with Crippen molar-refractivity contribution in [2.45, 2.75) is 20.4 Å². The van der Waals surface area contributed by atoms with Crippen molar-refractivity contribution in [2.75, 3.05) is 7.11 Å². The van der Waals surface area contributed by atoms with Crippen LogP contribution in [0.25, 0.3) is 16.9 Å². The predicted molar refractivity (Wildman–Crippen MR) is 111 cm³/mol. The first-order valence-electron chi connectivity index (χ1n) is 9.30. The van der Waals surface area contributed by atoms with Crippen LogP contribution in [0.2, 0.25) is 0 Å². The topological polar surface area (TPSA) is 66.1 Å². The molecule has 2 aromatic rings. The Hall–Kier alpha value is -3.67. The normalized spacial score (nSPS) is 11.0. The van der Waals surface area contributed by atoms with Crippen LogP contribution in [-0.4, -0.2) is 27.4 Å². The summed E-state index contributed by atoms with van der Waals surface area (Å²) in [6.45, 7) is 4.50. The lowest BCUT2D eigenvalue weighted by Crippen LogP contribution is -2.16. The Morgan fingerprint density at radius 3 is 2.48 bits per heavy atom. The largest absolute Gasteiger partial charge is 0.465 e. The van der Waals surface area contributed by atoms with E-state index in [1.54, 1.807) is 12.4 Å². The number of pyridine rings is 1. The molecular weight excluding hydrogens is 366 g/mol. The zero-order valence-electron chi connectivity index (χ0n) is 16.5. The van der Waals surface area contributed by atoms with Crippen LogP contribution >= 0.6 is 0 Å². The van der Waals surface area contributed by atoms with Gasteiger partial charge >= 0.3 is 5.97 Å². The van der Waals surface area contributed by atoms with E-state index in [0.29, 0.717) is 23.5 Å². The minimum absolute atomic E-state index is 0.264. The molecule has 2 aromatic carbocycles. The van der Waals surface area contributed by atoms with Gasteiger partial charge in [0.1, 0.15) is 11.3 Å². The summed E-state index contributed by atoms with van der Waals surface area (Å²) in [5.74, 6) is -0.526. The Morgan fingerprint density at radius 2 is 1.79 bits per heavy atom. The number of carbonyl (C=O) groups excluding carboxylic acids is 1. The van der Waals surface area contributed by atoms with E-state index < -0.39 is 5.97 Å². The van der Waals surface area contributed by atoms with Crippen molar-refractivity contribution >= 4 is 5.97 Å². The predicted octanol–water partition coefficient (Wildman–Crippen LogP) is 3.59. The molecule has 0 saturated heterocycles. The Bertz CT molecular complexity index is 1220. The van der Waals surface area contributed by atoms with E-state index in [1.165, 1.54) is 17.4 Å². The quantitative estimate of drug-likeness (QED) is 0.502. The monoisotopic (exact) mass is 387 g/mol. The van der Waals surface area contributed by atoms with E-state index in [0.717, 1.165) is 11.1 Å². The SMILES string of the molecule is COC(=O)c1cn(Cc2ccc(C)cc2)cc2c(=O)n(-c3cccc(C)c3)nc1-2. The van der Waals surface area contributed by atoms with Gasteiger partial charge in [0.05, 0.1) is 18.4 Å². The van der Waals surface area contributed by atoms with Crippen LogP contribution in [0.3, 0.4) is 0 Å². The molecule has 0 saturated carbocycles. The Morgan fingerprint density at radius 1 is 1.03 bits per heavy atom. The van der Waals surface area contributed by atoms with Crippen molar-refractivity contribution in [3.8, 4) is 16.9 Å². The van der Waals surface area contributed by atoms with Crippen molar-refractivity contribution in [3.05, 3.63) is 93.5 Å². The van der Waals surface area contributed by atoms with Crippen LogP contribution in [0.1, 0.15) is 27.0 Å². The highest BCUT2D eigenvalue weighted by atomic mass is 16.5. The van der Waals surface area contributed by atoms with Gasteiger partial charge in [-0.15, -0.1) is 0 Å². The first-order valence-corrected chi connectivity index (χ1v) is 9.30. The molecule has 146 valence electrons. The van der Waals surface area contributed by atoms with Gasteiger partial charge in [-0.3, -0.25) is 4.79 Å². The zero-order chi connectivity index (χ0) is 20.5. The molecule has 2 aliphatic heterocycles. The molecule has 2 heterocycles. The van der Waals surface area contributed by atoms with Crippen LogP contribution in [0, 0.1) is 13.8 Å². The van der Waals surface area contributed by atoms with Crippen molar-refractivity contribution in [1.82, 2.24) is 14.3 Å². The molecule has 0 amide bonds. The molecule has 0 fully saturated rings. The molecule has 0 aliphatic carbocycles. The first kappa shape index (κ1) is 18.7. The Kier molecular flexibility index (Phi) is 4.76. The molecule has 0 N–H and O–H groups in total. The third-order valence-electron chi connectivity index (χ3n) is 4.86. The van der Waals surface area contributed by atoms with Gasteiger partial charge in [-0.25, -0.2) is 4.79 Å². The maximum atomic E-state index is 13.1. The second kappa shape index (κ2) is 7.39. The van der Waals surface area contributed by atoms with Crippen molar-refractivity contribution < 1.29 is 9.53 Å². The molecule has 29 heavy (non-hydrogen) atoms. The van der Waals surface area contributed by atoms with Crippen LogP contribution in [0.4, 0.5) is 0 Å². The number of aryl methyl sites for hydroxylation is 2. The molecule has 6 heteroatoms. The number of aromatic nitrogens is 3. The Balaban J connectivity index is 1.88. The minimum atomic E-state index is -0.526. The third-order valence-corrected chi connectivity index (χ3v) is 4.86. The van der Waals surface area contributed by atoms with Gasteiger partial charge in [0.2, 0.25) is 0 Å². The lowest BCUT2D eigenvalue weighted by Gasteiger charge is -2.12. The number of rotatable bonds is 4. The average molecular weight is 387 g/mol. The van der Waals surface area contributed by atoms with Gasteiger partial charge < -0.3 is 9.30 Å². The summed E-state index contributed by atoms with van der Waals surface area (Å²) in [7, 11) is 1.32. The number of carbonyl (C=O) groups is 1. The number of esters is 1. The highest BCUT2D eigenvalue weighted by Gasteiger charge is 2.25. The van der Waals surface area contributed by atoms with Crippen LogP contribution < -0.4 is 5.56 Å². The van der Waals surface area contributed by atoms with Gasteiger partial charge in [-0.1, -0.05) is 42.0 Å². The zero-order valence-corrected chi connectivity index (χ0v) is 16.5. The summed E-state index contributed by atoms with van der Waals surface area (Å²) in [6.07, 6.45) is 3.42. The van der Waals surface area contributed by atoms with Crippen molar-refractivity contribution in [2.24, 2.45) is 0 Å². The fourth-order valence-corrected chi connectivity index (χ4v) is 3.35. The molecular formula is C23H21N3O3. The van der Waals surface area contributed by atoms with Gasteiger partial charge in [-0.2, -0.15) is 9.78 Å². The number of methoxy groups -OCH3 is 1. The van der Waals surface area contributed by atoms with E-state index >= 15 is 0 Å². The maximum Gasteiger partial charge on any atom is 0.341 e. The van der Waals surface area contributed by atoms with Crippen LogP contribution in [-0.2, 0) is 11.3 Å². The van der Waals surface area contributed by atoms with E-state index in [1.807, 2.05) is 66.9 Å². The molecule has 4 rings (SSSR count). The van der Waals surface area contributed by atoms with E-state index in [2.05, 4.69) is 5.10 Å². The lowest BCUT2D eigenvalue weighted by atomic mass is 10.1. The molecule has 0 bridgehead atoms. The second-order valence-electron chi connectivity index (χ2n) is 7.14. The minimum Gasteiger partial charge on any atom is -0.465 e. The van der Waals surface area contributed by atoms with Crippen LogP contribution in [0.15, 0.2) is 65.7 Å². The summed E-state index contributed by atoms with van der Waals surface area (Å²) in [5, 5.41) is 4.44. The number of hydrogen-bond acceptors (Lipinski definition) is 4. The number of nitrogens with zero attached hydrogens (tertiary/aromatic N) is 3. The molecule has 0 atom stereocenters. The highest BCUT2D eigenvalue weighted by Crippen LogP contribution is 2.23. The van der Waals surface area contributed by atoms with Gasteiger partial charge in [0.15, 0.2) is 0 Å². The summed E-state index contributed by atoms with van der Waals surface area (Å²) >= 11 is 0. The van der Waals surface area contributed by atoms with Crippen LogP contribution in [0.5, 0.6) is 0 Å². The smallest absolute Gasteiger partial charge is 0.341 e. The number of ether oxygens (including phenoxy) is 1. The summed E-state index contributed by atoms with van der Waals surface area (Å²) in [6, 6.07) is 15.6. The molecule has 0 spiro atoms. The number of benzene rings is 2. The van der Waals surface area contributed by atoms with Gasteiger partial charge in [0, 0.05) is 18.9 Å². The second-order valence-corrected chi connectivity index (χ2v) is 7.14. The summed E-state index contributed by atoms with van der Waals surface area (Å²) < 4.78 is 8.09. The summed E-state index contributed by atoms with van der Waals surface area (Å²) in [4.78, 5) is 25.5. The third kappa shape index (κ3) is 3.57. The number of fused-ring (bicyclic) bond motifs is 1. The van der Waals surface area contributed by atoms with Crippen molar-refractivity contribution in [3.63, 3.8) is 0 Å². The first-order chi connectivity index (χ1) is 14.0. The van der Waals surface area contributed by atoms with Gasteiger partial charge in [0.25, 0.3) is 5.56 Å². The lowest BCUT2D eigenvalue weighted by molar-refractivity contribution is 0.0600. The fraction of sp³-hybridized carbons (Fsp3) is 0.174. The van der Waals surface area contributed by atoms with E-state index in [-0.39, 0.29) is 11.1 Å². The maximum absolute atomic E-state index is 13.1. The van der Waals surface area contributed by atoms with E-state index in [4.69, 9.17) is 4.74 Å². The fourth-order valence-electron chi connectivity index (χ4n) is 3.35. The highest BCUT2D eigenvalue weighted by molar-refractivity contribution is 5.96. The van der Waals surface area contributed by atoms with Crippen molar-refractivity contribution in [1.29, 1.82) is 0 Å². The Labute approximate surface area is 168 Å².